The van der Waals surface area contributed by atoms with Gasteiger partial charge in [-0.3, -0.25) is 0 Å². The standard InChI is InChI=1S/C11H14N/c1-9-7-10-5-3-4-6-11(10)12(2)8-9/h3-6,8-9H,7H2,1-2H3. The molecule has 0 N–H and O–H groups in total. The number of hydrogen-bond donors (Lipinski definition) is 0. The van der Waals surface area contributed by atoms with Gasteiger partial charge in [-0.15, -0.1) is 0 Å². The van der Waals surface area contributed by atoms with E-state index >= 15 is 0 Å². The number of anilines is 1. The molecule has 1 unspecified atom stereocenters. The molecular weight excluding hydrogens is 146 g/mol. The highest BCUT2D eigenvalue weighted by molar-refractivity contribution is 5.56. The van der Waals surface area contributed by atoms with Crippen molar-refractivity contribution in [1.29, 1.82) is 0 Å². The Morgan fingerprint density at radius 3 is 2.92 bits per heavy atom. The van der Waals surface area contributed by atoms with E-state index in [9.17, 15) is 0 Å². The van der Waals surface area contributed by atoms with Crippen molar-refractivity contribution >= 4 is 5.69 Å². The van der Waals surface area contributed by atoms with E-state index in [0.29, 0.717) is 5.92 Å². The van der Waals surface area contributed by atoms with E-state index < -0.39 is 0 Å². The Balaban J connectivity index is 2.40. The van der Waals surface area contributed by atoms with Gasteiger partial charge in [0.25, 0.3) is 0 Å². The fourth-order valence-electron chi connectivity index (χ4n) is 1.89. The normalized spacial score (nSPS) is 22.2. The van der Waals surface area contributed by atoms with Crippen LogP contribution in [0.2, 0.25) is 0 Å². The fraction of sp³-hybridized carbons (Fsp3) is 0.364. The zero-order valence-corrected chi connectivity index (χ0v) is 7.62. The van der Waals surface area contributed by atoms with E-state index in [0.717, 1.165) is 0 Å². The quantitative estimate of drug-likeness (QED) is 0.563. The molecule has 1 nitrogen and oxygen atoms in total. The third-order valence-corrected chi connectivity index (χ3v) is 2.39. The first-order valence-corrected chi connectivity index (χ1v) is 4.43. The minimum atomic E-state index is 0.671. The van der Waals surface area contributed by atoms with Crippen LogP contribution in [-0.4, -0.2) is 7.05 Å². The monoisotopic (exact) mass is 160 g/mol. The van der Waals surface area contributed by atoms with Gasteiger partial charge in [-0.1, -0.05) is 25.1 Å². The lowest BCUT2D eigenvalue weighted by Crippen LogP contribution is -2.25. The summed E-state index contributed by atoms with van der Waals surface area (Å²) in [4.78, 5) is 2.23. The van der Waals surface area contributed by atoms with Crippen molar-refractivity contribution in [3.63, 3.8) is 0 Å². The Morgan fingerprint density at radius 2 is 2.08 bits per heavy atom. The van der Waals surface area contributed by atoms with Crippen LogP contribution in [0, 0.1) is 12.5 Å². The van der Waals surface area contributed by atoms with E-state index in [4.69, 9.17) is 0 Å². The lowest BCUT2D eigenvalue weighted by atomic mass is 9.94. The van der Waals surface area contributed by atoms with Gasteiger partial charge in [0.2, 0.25) is 0 Å². The molecule has 63 valence electrons. The van der Waals surface area contributed by atoms with Crippen molar-refractivity contribution in [2.75, 3.05) is 11.9 Å². The van der Waals surface area contributed by atoms with Crippen molar-refractivity contribution in [2.45, 2.75) is 13.3 Å². The summed E-state index contributed by atoms with van der Waals surface area (Å²) in [5, 5.41) is 0. The van der Waals surface area contributed by atoms with Crippen LogP contribution in [-0.2, 0) is 6.42 Å². The summed E-state index contributed by atoms with van der Waals surface area (Å²) >= 11 is 0. The molecule has 1 aliphatic rings. The van der Waals surface area contributed by atoms with Crippen LogP contribution in [0.3, 0.4) is 0 Å². The van der Waals surface area contributed by atoms with Gasteiger partial charge in [0.1, 0.15) is 0 Å². The molecule has 0 aliphatic carbocycles. The van der Waals surface area contributed by atoms with Gasteiger partial charge < -0.3 is 4.90 Å². The number of benzene rings is 1. The lowest BCUT2D eigenvalue weighted by Gasteiger charge is -2.30. The molecule has 0 saturated carbocycles. The van der Waals surface area contributed by atoms with Gasteiger partial charge in [-0.2, -0.15) is 0 Å². The lowest BCUT2D eigenvalue weighted by molar-refractivity contribution is 0.623. The molecule has 1 aliphatic heterocycles. The molecule has 0 aromatic heterocycles. The van der Waals surface area contributed by atoms with Crippen LogP contribution in [0.15, 0.2) is 24.3 Å². The summed E-state index contributed by atoms with van der Waals surface area (Å²) in [5.74, 6) is 0.671. The molecule has 1 aromatic carbocycles. The molecule has 12 heavy (non-hydrogen) atoms. The number of para-hydroxylation sites is 1. The van der Waals surface area contributed by atoms with Crippen LogP contribution >= 0.6 is 0 Å². The van der Waals surface area contributed by atoms with Crippen LogP contribution in [0.25, 0.3) is 0 Å². The maximum Gasteiger partial charge on any atom is 0.0521 e. The topological polar surface area (TPSA) is 3.24 Å². The summed E-state index contributed by atoms with van der Waals surface area (Å²) in [6.45, 7) is 4.54. The Hall–Kier alpha value is -0.980. The van der Waals surface area contributed by atoms with Crippen LogP contribution in [0.4, 0.5) is 5.69 Å². The second-order valence-electron chi connectivity index (χ2n) is 3.57. The smallest absolute Gasteiger partial charge is 0.0521 e. The third-order valence-electron chi connectivity index (χ3n) is 2.39. The zero-order valence-electron chi connectivity index (χ0n) is 7.62. The van der Waals surface area contributed by atoms with E-state index in [1.54, 1.807) is 0 Å². The highest BCUT2D eigenvalue weighted by atomic mass is 15.1. The summed E-state index contributed by atoms with van der Waals surface area (Å²) in [7, 11) is 2.12. The maximum absolute atomic E-state index is 2.28. The first kappa shape index (κ1) is 7.66. The van der Waals surface area contributed by atoms with Gasteiger partial charge in [0.15, 0.2) is 0 Å². The number of fused-ring (bicyclic) bond motifs is 1. The van der Waals surface area contributed by atoms with E-state index in [-0.39, 0.29) is 0 Å². The highest BCUT2D eigenvalue weighted by Crippen LogP contribution is 2.29. The average Bonchev–Trinajstić information content (AvgIpc) is 2.04. The number of hydrogen-bond acceptors (Lipinski definition) is 1. The molecule has 0 amide bonds. The Bertz CT molecular complexity index is 280. The van der Waals surface area contributed by atoms with E-state index in [2.05, 4.69) is 49.7 Å². The predicted octanol–water partition coefficient (Wildman–Crippen LogP) is 2.48. The molecule has 0 fully saturated rings. The van der Waals surface area contributed by atoms with Crippen molar-refractivity contribution in [3.8, 4) is 0 Å². The zero-order chi connectivity index (χ0) is 8.55. The summed E-state index contributed by atoms with van der Waals surface area (Å²) in [6.07, 6.45) is 1.18. The summed E-state index contributed by atoms with van der Waals surface area (Å²) < 4.78 is 0. The molecule has 1 atom stereocenters. The molecule has 1 radical (unpaired) electrons. The second kappa shape index (κ2) is 2.81. The van der Waals surface area contributed by atoms with Crippen molar-refractivity contribution in [2.24, 2.45) is 5.92 Å². The van der Waals surface area contributed by atoms with Crippen LogP contribution in [0.5, 0.6) is 0 Å². The Kier molecular flexibility index (Phi) is 1.80. The molecule has 0 bridgehead atoms. The fourth-order valence-corrected chi connectivity index (χ4v) is 1.89. The second-order valence-corrected chi connectivity index (χ2v) is 3.57. The highest BCUT2D eigenvalue weighted by Gasteiger charge is 2.18. The average molecular weight is 160 g/mol. The molecular formula is C11H14N. The molecule has 0 saturated heterocycles. The maximum atomic E-state index is 2.28. The van der Waals surface area contributed by atoms with Crippen molar-refractivity contribution in [3.05, 3.63) is 36.4 Å². The van der Waals surface area contributed by atoms with Crippen molar-refractivity contribution in [1.82, 2.24) is 0 Å². The van der Waals surface area contributed by atoms with Gasteiger partial charge in [0, 0.05) is 12.7 Å². The van der Waals surface area contributed by atoms with E-state index in [1.807, 2.05) is 0 Å². The molecule has 1 aromatic rings. The summed E-state index contributed by atoms with van der Waals surface area (Å²) in [6, 6.07) is 8.61. The van der Waals surface area contributed by atoms with E-state index in [1.165, 1.54) is 17.7 Å². The van der Waals surface area contributed by atoms with Gasteiger partial charge in [-0.05, 0) is 24.0 Å². The predicted molar refractivity (Wildman–Crippen MR) is 52.0 cm³/mol. The third kappa shape index (κ3) is 1.20. The van der Waals surface area contributed by atoms with Gasteiger partial charge >= 0.3 is 0 Å². The molecule has 2 rings (SSSR count). The van der Waals surface area contributed by atoms with Gasteiger partial charge in [-0.25, -0.2) is 0 Å². The summed E-state index contributed by atoms with van der Waals surface area (Å²) in [5.41, 5.74) is 2.82. The van der Waals surface area contributed by atoms with Gasteiger partial charge in [0.05, 0.1) is 6.54 Å². The largest absolute Gasteiger partial charge is 0.369 e. The molecule has 0 spiro atoms. The van der Waals surface area contributed by atoms with Crippen molar-refractivity contribution < 1.29 is 0 Å². The number of rotatable bonds is 0. The first-order valence-electron chi connectivity index (χ1n) is 4.43. The van der Waals surface area contributed by atoms with Crippen LogP contribution in [0.1, 0.15) is 12.5 Å². The first-order chi connectivity index (χ1) is 5.77. The molecule has 1 heterocycles. The SMILES string of the molecule is CC1[CH]N(C)c2ccccc2C1. The number of nitrogens with zero attached hydrogens (tertiary/aromatic N) is 1. The Morgan fingerprint density at radius 1 is 1.33 bits per heavy atom. The molecule has 1 heteroatoms. The minimum Gasteiger partial charge on any atom is -0.369 e. The minimum absolute atomic E-state index is 0.671. The van der Waals surface area contributed by atoms with Crippen LogP contribution < -0.4 is 4.90 Å². The Labute approximate surface area is 74.0 Å².